The molecule has 0 bridgehead atoms. The molecule has 2 N–H and O–H groups in total. The number of hydrogen-bond donors (Lipinski definition) is 1. The third kappa shape index (κ3) is 4.77. The van der Waals surface area contributed by atoms with Crippen LogP contribution in [0.3, 0.4) is 0 Å². The fourth-order valence-corrected chi connectivity index (χ4v) is 1.63. The molecule has 2 nitrogen and oxygen atoms in total. The molecule has 0 fully saturated rings. The zero-order chi connectivity index (χ0) is 13.4. The van der Waals surface area contributed by atoms with Crippen LogP contribution in [0.2, 0.25) is 0 Å². The Balaban J connectivity index is 2.67. The van der Waals surface area contributed by atoms with Crippen molar-refractivity contribution in [3.63, 3.8) is 0 Å². The lowest BCUT2D eigenvalue weighted by molar-refractivity contribution is 0.308. The number of terminal acetylenes is 1. The molecule has 0 heterocycles. The van der Waals surface area contributed by atoms with Gasteiger partial charge in [-0.05, 0) is 43.0 Å². The van der Waals surface area contributed by atoms with Crippen molar-refractivity contribution in [3.05, 3.63) is 29.6 Å². The van der Waals surface area contributed by atoms with E-state index < -0.39 is 0 Å². The van der Waals surface area contributed by atoms with Gasteiger partial charge in [0.2, 0.25) is 0 Å². The van der Waals surface area contributed by atoms with Crippen LogP contribution in [0.1, 0.15) is 31.7 Å². The van der Waals surface area contributed by atoms with E-state index in [1.54, 1.807) is 6.07 Å². The van der Waals surface area contributed by atoms with Crippen LogP contribution in [0, 0.1) is 18.2 Å². The summed E-state index contributed by atoms with van der Waals surface area (Å²) < 4.78 is 18.8. The maximum atomic E-state index is 13.2. The molecule has 1 atom stereocenters. The average Bonchev–Trinajstić information content (AvgIpc) is 2.36. The Hall–Kier alpha value is -1.53. The second-order valence-electron chi connectivity index (χ2n) is 4.28. The summed E-state index contributed by atoms with van der Waals surface area (Å²) in [4.78, 5) is 0. The first-order chi connectivity index (χ1) is 8.67. The number of rotatable bonds is 7. The van der Waals surface area contributed by atoms with Gasteiger partial charge >= 0.3 is 0 Å². The monoisotopic (exact) mass is 249 g/mol. The zero-order valence-corrected chi connectivity index (χ0v) is 10.8. The van der Waals surface area contributed by atoms with Crippen LogP contribution in [0.25, 0.3) is 0 Å². The lowest BCUT2D eigenvalue weighted by Gasteiger charge is -2.14. The van der Waals surface area contributed by atoms with E-state index in [-0.39, 0.29) is 11.9 Å². The highest BCUT2D eigenvalue weighted by atomic mass is 19.1. The summed E-state index contributed by atoms with van der Waals surface area (Å²) in [7, 11) is 0. The number of hydrogen-bond acceptors (Lipinski definition) is 2. The summed E-state index contributed by atoms with van der Waals surface area (Å²) >= 11 is 0. The SMILES string of the molecule is C#CCCCOc1ccc(F)cc1CC(N)CC. The topological polar surface area (TPSA) is 35.2 Å². The quantitative estimate of drug-likeness (QED) is 0.595. The average molecular weight is 249 g/mol. The van der Waals surface area contributed by atoms with Crippen LogP contribution in [0.4, 0.5) is 4.39 Å². The molecule has 1 aromatic carbocycles. The number of halogens is 1. The summed E-state index contributed by atoms with van der Waals surface area (Å²) in [6.45, 7) is 2.56. The van der Waals surface area contributed by atoms with Crippen LogP contribution in [0.15, 0.2) is 18.2 Å². The van der Waals surface area contributed by atoms with Crippen molar-refractivity contribution in [1.29, 1.82) is 0 Å². The lowest BCUT2D eigenvalue weighted by Crippen LogP contribution is -2.21. The van der Waals surface area contributed by atoms with E-state index in [0.29, 0.717) is 25.2 Å². The summed E-state index contributed by atoms with van der Waals surface area (Å²) in [6, 6.07) is 4.58. The molecule has 0 aliphatic carbocycles. The molecule has 0 radical (unpaired) electrons. The van der Waals surface area contributed by atoms with Crippen LogP contribution in [-0.2, 0) is 6.42 Å². The normalized spacial score (nSPS) is 11.9. The minimum Gasteiger partial charge on any atom is -0.493 e. The van der Waals surface area contributed by atoms with Crippen LogP contribution in [0.5, 0.6) is 5.75 Å². The fraction of sp³-hybridized carbons (Fsp3) is 0.467. The summed E-state index contributed by atoms with van der Waals surface area (Å²) in [5, 5.41) is 0. The molecule has 98 valence electrons. The first kappa shape index (κ1) is 14.5. The van der Waals surface area contributed by atoms with E-state index >= 15 is 0 Å². The van der Waals surface area contributed by atoms with Crippen LogP contribution in [-0.4, -0.2) is 12.6 Å². The van der Waals surface area contributed by atoms with E-state index in [1.165, 1.54) is 12.1 Å². The molecular formula is C15H20FNO. The summed E-state index contributed by atoms with van der Waals surface area (Å²) in [5.41, 5.74) is 6.72. The second kappa shape index (κ2) is 7.73. The van der Waals surface area contributed by atoms with Crippen molar-refractivity contribution in [2.75, 3.05) is 6.61 Å². The fourth-order valence-electron chi connectivity index (χ4n) is 1.63. The first-order valence-electron chi connectivity index (χ1n) is 6.27. The van der Waals surface area contributed by atoms with Crippen LogP contribution < -0.4 is 10.5 Å². The van der Waals surface area contributed by atoms with Gasteiger partial charge in [0.1, 0.15) is 11.6 Å². The second-order valence-corrected chi connectivity index (χ2v) is 4.28. The zero-order valence-electron chi connectivity index (χ0n) is 10.8. The van der Waals surface area contributed by atoms with Gasteiger partial charge in [-0.15, -0.1) is 12.3 Å². The Morgan fingerprint density at radius 3 is 2.94 bits per heavy atom. The van der Waals surface area contributed by atoms with E-state index in [0.717, 1.165) is 18.4 Å². The van der Waals surface area contributed by atoms with E-state index in [2.05, 4.69) is 5.92 Å². The molecule has 0 amide bonds. The van der Waals surface area contributed by atoms with Gasteiger partial charge in [-0.1, -0.05) is 6.92 Å². The highest BCUT2D eigenvalue weighted by Crippen LogP contribution is 2.21. The molecule has 18 heavy (non-hydrogen) atoms. The predicted molar refractivity (Wildman–Crippen MR) is 71.9 cm³/mol. The van der Waals surface area contributed by atoms with Crippen molar-refractivity contribution in [2.45, 2.75) is 38.6 Å². The summed E-state index contributed by atoms with van der Waals surface area (Å²) in [5.74, 6) is 3.00. The van der Waals surface area contributed by atoms with E-state index in [4.69, 9.17) is 16.9 Å². The number of benzene rings is 1. The standard InChI is InChI=1S/C15H20FNO/c1-3-5-6-9-18-15-8-7-13(16)10-12(15)11-14(17)4-2/h1,7-8,10,14H,4-6,9,11,17H2,2H3. The third-order valence-electron chi connectivity index (χ3n) is 2.75. The Kier molecular flexibility index (Phi) is 6.24. The molecule has 0 saturated carbocycles. The Morgan fingerprint density at radius 1 is 1.50 bits per heavy atom. The number of unbranched alkanes of at least 4 members (excludes halogenated alkanes) is 1. The molecule has 3 heteroatoms. The molecule has 0 saturated heterocycles. The predicted octanol–water partition coefficient (Wildman–Crippen LogP) is 2.90. The van der Waals surface area contributed by atoms with Gasteiger partial charge in [-0.3, -0.25) is 0 Å². The number of nitrogens with two attached hydrogens (primary N) is 1. The molecule has 0 spiro atoms. The van der Waals surface area contributed by atoms with Crippen molar-refractivity contribution in [3.8, 4) is 18.1 Å². The van der Waals surface area contributed by atoms with Gasteiger partial charge in [-0.25, -0.2) is 4.39 Å². The van der Waals surface area contributed by atoms with Gasteiger partial charge in [0.25, 0.3) is 0 Å². The largest absolute Gasteiger partial charge is 0.493 e. The molecule has 0 aliphatic rings. The van der Waals surface area contributed by atoms with Gasteiger partial charge in [-0.2, -0.15) is 0 Å². The molecule has 0 aliphatic heterocycles. The van der Waals surface area contributed by atoms with Crippen molar-refractivity contribution in [1.82, 2.24) is 0 Å². The van der Waals surface area contributed by atoms with E-state index in [9.17, 15) is 4.39 Å². The lowest BCUT2D eigenvalue weighted by atomic mass is 10.0. The summed E-state index contributed by atoms with van der Waals surface area (Å²) in [6.07, 6.45) is 8.13. The Bertz CT molecular complexity index is 411. The Labute approximate surface area is 108 Å². The molecule has 0 aromatic heterocycles. The smallest absolute Gasteiger partial charge is 0.123 e. The third-order valence-corrected chi connectivity index (χ3v) is 2.75. The van der Waals surface area contributed by atoms with Gasteiger partial charge in [0, 0.05) is 12.5 Å². The van der Waals surface area contributed by atoms with Crippen molar-refractivity contribution >= 4 is 0 Å². The van der Waals surface area contributed by atoms with Gasteiger partial charge in [0.05, 0.1) is 6.61 Å². The minimum atomic E-state index is -0.260. The molecule has 1 rings (SSSR count). The first-order valence-corrected chi connectivity index (χ1v) is 6.27. The maximum absolute atomic E-state index is 13.2. The highest BCUT2D eigenvalue weighted by molar-refractivity contribution is 5.34. The molecule has 1 aromatic rings. The van der Waals surface area contributed by atoms with Gasteiger partial charge in [0.15, 0.2) is 0 Å². The van der Waals surface area contributed by atoms with Gasteiger partial charge < -0.3 is 10.5 Å². The van der Waals surface area contributed by atoms with Crippen molar-refractivity contribution in [2.24, 2.45) is 5.73 Å². The van der Waals surface area contributed by atoms with Crippen molar-refractivity contribution < 1.29 is 9.13 Å². The molecular weight excluding hydrogens is 229 g/mol. The Morgan fingerprint density at radius 2 is 2.28 bits per heavy atom. The van der Waals surface area contributed by atoms with E-state index in [1.807, 2.05) is 6.92 Å². The maximum Gasteiger partial charge on any atom is 0.123 e. The molecule has 1 unspecified atom stereocenters. The highest BCUT2D eigenvalue weighted by Gasteiger charge is 2.09. The minimum absolute atomic E-state index is 0.0276. The van der Waals surface area contributed by atoms with Crippen LogP contribution >= 0.6 is 0 Å². The number of ether oxygens (including phenoxy) is 1.